The smallest absolute Gasteiger partial charge is 0.320 e. The van der Waals surface area contributed by atoms with Crippen LogP contribution in [0.5, 0.6) is 0 Å². The van der Waals surface area contributed by atoms with Gasteiger partial charge in [-0.1, -0.05) is 28.1 Å². The summed E-state index contributed by atoms with van der Waals surface area (Å²) in [5.74, 6) is -2.17. The van der Waals surface area contributed by atoms with Gasteiger partial charge in [-0.2, -0.15) is 4.31 Å². The molecular weight excluding hydrogens is 334 g/mol. The van der Waals surface area contributed by atoms with Crippen molar-refractivity contribution in [1.29, 1.82) is 0 Å². The molecule has 1 aromatic carbocycles. The molecule has 1 saturated heterocycles. The first-order chi connectivity index (χ1) is 8.90. The zero-order valence-electron chi connectivity index (χ0n) is 10.1. The second-order valence-corrected chi connectivity index (χ2v) is 7.31. The lowest BCUT2D eigenvalue weighted by molar-refractivity contribution is -0.134. The zero-order chi connectivity index (χ0) is 14.0. The fraction of sp³-hybridized carbons (Fsp3) is 0.417. The molecule has 0 aliphatic carbocycles. The number of rotatable bonds is 4. The summed E-state index contributed by atoms with van der Waals surface area (Å²) in [5, 5.41) is 8.70. The standard InChI is InChI=1S/C12H14BrNO4S/c13-10-4-1-3-9(7-10)11-5-2-6-14(11)19(17,18)8-12(15)16/h1,3-4,7,11H,2,5-6,8H2,(H,15,16). The van der Waals surface area contributed by atoms with Crippen molar-refractivity contribution in [3.63, 3.8) is 0 Å². The van der Waals surface area contributed by atoms with E-state index in [1.165, 1.54) is 4.31 Å². The van der Waals surface area contributed by atoms with Crippen LogP contribution in [0.1, 0.15) is 24.4 Å². The SMILES string of the molecule is O=C(O)CS(=O)(=O)N1CCCC1c1cccc(Br)c1. The molecule has 0 amide bonds. The van der Waals surface area contributed by atoms with Gasteiger partial charge < -0.3 is 5.11 Å². The monoisotopic (exact) mass is 347 g/mol. The molecule has 1 aliphatic rings. The summed E-state index contributed by atoms with van der Waals surface area (Å²) in [4.78, 5) is 10.7. The third-order valence-electron chi connectivity index (χ3n) is 3.10. The number of hydrogen-bond acceptors (Lipinski definition) is 3. The maximum Gasteiger partial charge on any atom is 0.320 e. The van der Waals surface area contributed by atoms with E-state index in [0.717, 1.165) is 22.9 Å². The first-order valence-electron chi connectivity index (χ1n) is 5.87. The van der Waals surface area contributed by atoms with Gasteiger partial charge in [-0.3, -0.25) is 4.79 Å². The van der Waals surface area contributed by atoms with Crippen molar-refractivity contribution in [1.82, 2.24) is 4.31 Å². The van der Waals surface area contributed by atoms with E-state index in [2.05, 4.69) is 15.9 Å². The zero-order valence-corrected chi connectivity index (χ0v) is 12.5. The molecule has 19 heavy (non-hydrogen) atoms. The van der Waals surface area contributed by atoms with E-state index in [4.69, 9.17) is 5.11 Å². The van der Waals surface area contributed by atoms with Gasteiger partial charge in [0.25, 0.3) is 0 Å². The third kappa shape index (κ3) is 3.34. The Bertz CT molecular complexity index is 587. The number of halogens is 1. The van der Waals surface area contributed by atoms with Gasteiger partial charge in [0.15, 0.2) is 5.75 Å². The average Bonchev–Trinajstić information content (AvgIpc) is 2.76. The van der Waals surface area contributed by atoms with Crippen LogP contribution in [0, 0.1) is 0 Å². The summed E-state index contributed by atoms with van der Waals surface area (Å²) in [6.07, 6.45) is 1.46. The molecule has 1 unspecified atom stereocenters. The summed E-state index contributed by atoms with van der Waals surface area (Å²) >= 11 is 3.36. The van der Waals surface area contributed by atoms with E-state index >= 15 is 0 Å². The van der Waals surface area contributed by atoms with Crippen LogP contribution in [0.3, 0.4) is 0 Å². The maximum atomic E-state index is 12.0. The van der Waals surface area contributed by atoms with Gasteiger partial charge in [-0.15, -0.1) is 0 Å². The number of benzene rings is 1. The molecule has 1 fully saturated rings. The van der Waals surface area contributed by atoms with E-state index in [1.807, 2.05) is 24.3 Å². The van der Waals surface area contributed by atoms with Crippen LogP contribution in [-0.2, 0) is 14.8 Å². The Morgan fingerprint density at radius 1 is 1.47 bits per heavy atom. The van der Waals surface area contributed by atoms with Gasteiger partial charge in [-0.05, 0) is 30.5 Å². The Kier molecular flexibility index (Phi) is 4.27. The number of nitrogens with zero attached hydrogens (tertiary/aromatic N) is 1. The van der Waals surface area contributed by atoms with Crippen LogP contribution in [0.2, 0.25) is 0 Å². The Morgan fingerprint density at radius 2 is 2.21 bits per heavy atom. The van der Waals surface area contributed by atoms with Crippen LogP contribution in [-0.4, -0.2) is 36.1 Å². The van der Waals surface area contributed by atoms with Crippen LogP contribution in [0.15, 0.2) is 28.7 Å². The lowest BCUT2D eigenvalue weighted by atomic mass is 10.1. The first kappa shape index (κ1) is 14.5. The van der Waals surface area contributed by atoms with Crippen LogP contribution in [0.4, 0.5) is 0 Å². The van der Waals surface area contributed by atoms with Crippen molar-refractivity contribution in [3.05, 3.63) is 34.3 Å². The largest absolute Gasteiger partial charge is 0.480 e. The predicted octanol–water partition coefficient (Wildman–Crippen LogP) is 2.00. The van der Waals surface area contributed by atoms with E-state index < -0.39 is 21.7 Å². The van der Waals surface area contributed by atoms with Gasteiger partial charge in [0.1, 0.15) is 0 Å². The molecule has 1 aliphatic heterocycles. The van der Waals surface area contributed by atoms with Gasteiger partial charge in [-0.25, -0.2) is 8.42 Å². The summed E-state index contributed by atoms with van der Waals surface area (Å²) in [7, 11) is -3.75. The lowest BCUT2D eigenvalue weighted by Crippen LogP contribution is -2.35. The van der Waals surface area contributed by atoms with Gasteiger partial charge in [0, 0.05) is 17.1 Å². The molecule has 104 valence electrons. The molecule has 0 bridgehead atoms. The molecular formula is C12H14BrNO4S. The van der Waals surface area contributed by atoms with E-state index in [1.54, 1.807) is 0 Å². The van der Waals surface area contributed by atoms with Crippen molar-refractivity contribution in [2.75, 3.05) is 12.3 Å². The minimum absolute atomic E-state index is 0.262. The predicted molar refractivity (Wildman–Crippen MR) is 74.2 cm³/mol. The fourth-order valence-electron chi connectivity index (χ4n) is 2.36. The minimum Gasteiger partial charge on any atom is -0.480 e. The van der Waals surface area contributed by atoms with E-state index in [0.29, 0.717) is 6.54 Å². The van der Waals surface area contributed by atoms with Crippen LogP contribution >= 0.6 is 15.9 Å². The molecule has 2 rings (SSSR count). The number of carboxylic acids is 1. The summed E-state index contributed by atoms with van der Waals surface area (Å²) in [5.41, 5.74) is 0.890. The number of sulfonamides is 1. The van der Waals surface area contributed by atoms with Gasteiger partial charge >= 0.3 is 5.97 Å². The van der Waals surface area contributed by atoms with Crippen molar-refractivity contribution < 1.29 is 18.3 Å². The average molecular weight is 348 g/mol. The molecule has 0 aromatic heterocycles. The topological polar surface area (TPSA) is 74.7 Å². The second-order valence-electron chi connectivity index (χ2n) is 4.47. The van der Waals surface area contributed by atoms with Crippen molar-refractivity contribution in [2.45, 2.75) is 18.9 Å². The highest BCUT2D eigenvalue weighted by Gasteiger charge is 2.36. The van der Waals surface area contributed by atoms with E-state index in [-0.39, 0.29) is 6.04 Å². The molecule has 1 heterocycles. The normalized spacial score (nSPS) is 20.6. The molecule has 7 heteroatoms. The molecule has 0 spiro atoms. The highest BCUT2D eigenvalue weighted by Crippen LogP contribution is 2.35. The first-order valence-corrected chi connectivity index (χ1v) is 8.27. The van der Waals surface area contributed by atoms with Gasteiger partial charge in [0.2, 0.25) is 10.0 Å². The lowest BCUT2D eigenvalue weighted by Gasteiger charge is -2.23. The number of aliphatic carboxylic acids is 1. The molecule has 1 atom stereocenters. The highest BCUT2D eigenvalue weighted by atomic mass is 79.9. The molecule has 1 aromatic rings. The fourth-order valence-corrected chi connectivity index (χ4v) is 4.28. The Balaban J connectivity index is 2.29. The van der Waals surface area contributed by atoms with Crippen molar-refractivity contribution >= 4 is 31.9 Å². The van der Waals surface area contributed by atoms with Gasteiger partial charge in [0.05, 0.1) is 0 Å². The van der Waals surface area contributed by atoms with Crippen LogP contribution < -0.4 is 0 Å². The number of hydrogen-bond donors (Lipinski definition) is 1. The van der Waals surface area contributed by atoms with Crippen molar-refractivity contribution in [3.8, 4) is 0 Å². The second kappa shape index (κ2) is 5.60. The third-order valence-corrected chi connectivity index (χ3v) is 5.36. The Hall–Kier alpha value is -0.920. The highest BCUT2D eigenvalue weighted by molar-refractivity contribution is 9.10. The molecule has 0 radical (unpaired) electrons. The number of carbonyl (C=O) groups is 1. The summed E-state index contributed by atoms with van der Waals surface area (Å²) in [6.45, 7) is 0.382. The van der Waals surface area contributed by atoms with E-state index in [9.17, 15) is 13.2 Å². The Labute approximate surface area is 120 Å². The summed E-state index contributed by atoms with van der Waals surface area (Å²) < 4.78 is 26.3. The molecule has 1 N–H and O–H groups in total. The summed E-state index contributed by atoms with van der Waals surface area (Å²) in [6, 6.07) is 7.19. The molecule has 5 nitrogen and oxygen atoms in total. The van der Waals surface area contributed by atoms with Crippen molar-refractivity contribution in [2.24, 2.45) is 0 Å². The Morgan fingerprint density at radius 3 is 2.84 bits per heavy atom. The quantitative estimate of drug-likeness (QED) is 0.903. The minimum atomic E-state index is -3.75. The number of carboxylic acid groups (broad SMARTS) is 1. The molecule has 0 saturated carbocycles. The van der Waals surface area contributed by atoms with Crippen LogP contribution in [0.25, 0.3) is 0 Å². The maximum absolute atomic E-state index is 12.0.